The highest BCUT2D eigenvalue weighted by Crippen LogP contribution is 2.43. The number of likely N-dealkylation sites (N-methyl/N-ethyl adjacent to an activating group) is 1. The molecule has 0 heterocycles. The number of aliphatic hydroxyl groups excluding tert-OH is 1. The van der Waals surface area contributed by atoms with Gasteiger partial charge in [0.05, 0.1) is 33.9 Å². The summed E-state index contributed by atoms with van der Waals surface area (Å²) >= 11 is 0. The van der Waals surface area contributed by atoms with Crippen LogP contribution in [-0.2, 0) is 32.7 Å². The highest BCUT2D eigenvalue weighted by molar-refractivity contribution is 7.47. The van der Waals surface area contributed by atoms with Crippen molar-refractivity contribution in [3.8, 4) is 0 Å². The number of unbranched alkanes of at least 4 members (excludes halogenated alkanes) is 6. The lowest BCUT2D eigenvalue weighted by Crippen LogP contribution is -2.37. The molecule has 3 atom stereocenters. The smallest absolute Gasteiger partial charge is 0.462 e. The molecule has 0 fully saturated rings. The Kier molecular flexibility index (Phi) is 35.2. The molecule has 57 heavy (non-hydrogen) atoms. The zero-order valence-electron chi connectivity index (χ0n) is 35.9. The average Bonchev–Trinajstić information content (AvgIpc) is 3.15. The maximum absolute atomic E-state index is 12.7. The molecule has 0 spiro atoms. The minimum atomic E-state index is -4.41. The lowest BCUT2D eigenvalue weighted by Gasteiger charge is -2.24. The second kappa shape index (κ2) is 37.2. The first-order chi connectivity index (χ1) is 27.4. The number of allylic oxidation sites excluding steroid dienone is 14. The number of hydrogen-bond donors (Lipinski definition) is 2. The van der Waals surface area contributed by atoms with Crippen molar-refractivity contribution in [2.24, 2.45) is 0 Å². The fraction of sp³-hybridized carbons (Fsp3) is 0.609. The van der Waals surface area contributed by atoms with E-state index in [1.165, 1.54) is 0 Å². The number of hydrogen-bond acceptors (Lipinski definition) is 8. The van der Waals surface area contributed by atoms with Crippen molar-refractivity contribution in [2.45, 2.75) is 135 Å². The van der Waals surface area contributed by atoms with Crippen LogP contribution in [0.2, 0.25) is 0 Å². The van der Waals surface area contributed by atoms with Crippen LogP contribution in [0.3, 0.4) is 0 Å². The molecule has 10 nitrogen and oxygen atoms in total. The Balaban J connectivity index is 4.58. The number of aliphatic hydroxyl groups is 1. The van der Waals surface area contributed by atoms with Gasteiger partial charge in [-0.05, 0) is 77.0 Å². The molecule has 0 aliphatic rings. The summed E-state index contributed by atoms with van der Waals surface area (Å²) < 4.78 is 34.1. The van der Waals surface area contributed by atoms with Gasteiger partial charge in [0.1, 0.15) is 19.8 Å². The van der Waals surface area contributed by atoms with Gasteiger partial charge in [0.2, 0.25) is 0 Å². The Hall–Kier alpha value is -3.11. The van der Waals surface area contributed by atoms with Crippen LogP contribution in [-0.4, -0.2) is 86.1 Å². The third kappa shape index (κ3) is 40.9. The van der Waals surface area contributed by atoms with Crippen molar-refractivity contribution in [1.82, 2.24) is 0 Å². The standard InChI is InChI=1S/C46H76NO9P/c1-6-8-10-11-12-13-14-15-16-17-18-19-20-23-27-30-34-38-46(50)56-44(42-55-57(51,52)54-40-39-47(3,4)5)41-53-45(49)37-33-29-26-24-21-22-25-28-32-36-43(48)35-31-9-7-2/h8-10,12-13,15-16,18-19,23,25,27-28,31-32,36,43-44,48H,6-7,11,14,17,20-22,24,26,29-30,33-35,37-42H2,1-5H3/p+1/b10-8-,13-12-,16-15-,19-18-,27-23-,28-25+,31-9+,36-32+/t43?,44-/m1/s1. The van der Waals surface area contributed by atoms with Crippen LogP contribution in [0.5, 0.6) is 0 Å². The molecule has 0 rings (SSSR count). The van der Waals surface area contributed by atoms with Gasteiger partial charge in [-0.1, -0.05) is 130 Å². The Bertz CT molecular complexity index is 1310. The number of phosphoric acid groups is 1. The number of rotatable bonds is 36. The van der Waals surface area contributed by atoms with Crippen LogP contribution in [0.25, 0.3) is 0 Å². The molecular formula is C46H77NO9P+. The van der Waals surface area contributed by atoms with Crippen LogP contribution in [0.1, 0.15) is 123 Å². The molecule has 0 saturated carbocycles. The fourth-order valence-corrected chi connectivity index (χ4v) is 5.65. The van der Waals surface area contributed by atoms with E-state index in [4.69, 9.17) is 18.5 Å². The lowest BCUT2D eigenvalue weighted by molar-refractivity contribution is -0.870. The van der Waals surface area contributed by atoms with E-state index < -0.39 is 38.6 Å². The first-order valence-corrected chi connectivity index (χ1v) is 22.6. The number of quaternary nitrogens is 1. The molecule has 0 amide bonds. The van der Waals surface area contributed by atoms with Gasteiger partial charge in [-0.25, -0.2) is 4.57 Å². The van der Waals surface area contributed by atoms with E-state index in [0.717, 1.165) is 70.6 Å². The second-order valence-corrected chi connectivity index (χ2v) is 16.3. The van der Waals surface area contributed by atoms with Gasteiger partial charge in [0, 0.05) is 12.8 Å². The van der Waals surface area contributed by atoms with Crippen LogP contribution < -0.4 is 0 Å². The monoisotopic (exact) mass is 819 g/mol. The zero-order valence-corrected chi connectivity index (χ0v) is 36.8. The highest BCUT2D eigenvalue weighted by Gasteiger charge is 2.27. The van der Waals surface area contributed by atoms with E-state index in [0.29, 0.717) is 36.7 Å². The Morgan fingerprint density at radius 2 is 1.18 bits per heavy atom. The molecule has 0 aliphatic carbocycles. The summed E-state index contributed by atoms with van der Waals surface area (Å²) in [6.45, 7) is 3.95. The van der Waals surface area contributed by atoms with Gasteiger partial charge >= 0.3 is 19.8 Å². The molecule has 11 heteroatoms. The molecule has 2 unspecified atom stereocenters. The molecule has 324 valence electrons. The lowest BCUT2D eigenvalue weighted by atomic mass is 10.1. The average molecular weight is 819 g/mol. The van der Waals surface area contributed by atoms with Gasteiger partial charge < -0.3 is 24.0 Å². The minimum Gasteiger partial charge on any atom is -0.462 e. The van der Waals surface area contributed by atoms with Crippen LogP contribution in [0.4, 0.5) is 0 Å². The SMILES string of the molecule is CC/C=C\C/C=C\C/C=C\C/C=C\C/C=C\CCCC(=O)O[C@H](COC(=O)CCCCCCC/C=C/C=C/C(O)C/C=C/CC)COP(=O)(O)OCC[N+](C)(C)C. The quantitative estimate of drug-likeness (QED) is 0.0159. The molecule has 0 aromatic rings. The Morgan fingerprint density at radius 1 is 0.632 bits per heavy atom. The van der Waals surface area contributed by atoms with Gasteiger partial charge in [-0.3, -0.25) is 18.6 Å². The third-order valence-electron chi connectivity index (χ3n) is 8.19. The van der Waals surface area contributed by atoms with Crippen molar-refractivity contribution in [3.63, 3.8) is 0 Å². The summed E-state index contributed by atoms with van der Waals surface area (Å²) in [7, 11) is 1.38. The number of ether oxygens (including phenoxy) is 2. The molecule has 0 radical (unpaired) electrons. The van der Waals surface area contributed by atoms with Crippen molar-refractivity contribution in [3.05, 3.63) is 97.2 Å². The molecule has 0 aromatic carbocycles. The van der Waals surface area contributed by atoms with Gasteiger partial charge in [0.25, 0.3) is 0 Å². The Labute approximate surface area is 346 Å². The van der Waals surface area contributed by atoms with Crippen LogP contribution in [0.15, 0.2) is 97.2 Å². The van der Waals surface area contributed by atoms with Crippen molar-refractivity contribution >= 4 is 19.8 Å². The van der Waals surface area contributed by atoms with Crippen molar-refractivity contribution < 1.29 is 47.2 Å². The van der Waals surface area contributed by atoms with Gasteiger partial charge in [0.15, 0.2) is 6.10 Å². The number of carbonyl (C=O) groups is 2. The van der Waals surface area contributed by atoms with E-state index in [1.807, 2.05) is 51.5 Å². The van der Waals surface area contributed by atoms with Crippen molar-refractivity contribution in [2.75, 3.05) is 47.5 Å². The minimum absolute atomic E-state index is 0.00297. The summed E-state index contributed by atoms with van der Waals surface area (Å²) in [5, 5.41) is 9.88. The van der Waals surface area contributed by atoms with Gasteiger partial charge in [-0.2, -0.15) is 0 Å². The molecular weight excluding hydrogens is 741 g/mol. The summed E-state index contributed by atoms with van der Waals surface area (Å²) in [4.78, 5) is 35.3. The van der Waals surface area contributed by atoms with Crippen molar-refractivity contribution in [1.29, 1.82) is 0 Å². The van der Waals surface area contributed by atoms with Gasteiger partial charge in [-0.15, -0.1) is 0 Å². The Morgan fingerprint density at radius 3 is 1.81 bits per heavy atom. The molecule has 0 bridgehead atoms. The summed E-state index contributed by atoms with van der Waals surface area (Å²) in [6.07, 6.45) is 45.1. The normalized spacial score (nSPS) is 15.1. The summed E-state index contributed by atoms with van der Waals surface area (Å²) in [5.74, 6) is -0.933. The molecule has 0 aromatic heterocycles. The maximum Gasteiger partial charge on any atom is 0.472 e. The first kappa shape index (κ1) is 53.9. The zero-order chi connectivity index (χ0) is 42.3. The van der Waals surface area contributed by atoms with E-state index in [9.17, 15) is 24.2 Å². The van der Waals surface area contributed by atoms with E-state index in [2.05, 4.69) is 74.6 Å². The number of carbonyl (C=O) groups excluding carboxylic acids is 2. The number of esters is 2. The maximum atomic E-state index is 12.7. The number of nitrogens with zero attached hydrogens (tertiary/aromatic N) is 1. The number of phosphoric ester groups is 1. The fourth-order valence-electron chi connectivity index (χ4n) is 4.91. The predicted molar refractivity (Wildman–Crippen MR) is 234 cm³/mol. The second-order valence-electron chi connectivity index (χ2n) is 14.8. The van der Waals surface area contributed by atoms with E-state index in [-0.39, 0.29) is 26.1 Å². The summed E-state index contributed by atoms with van der Waals surface area (Å²) in [5.41, 5.74) is 0. The highest BCUT2D eigenvalue weighted by atomic mass is 31.2. The topological polar surface area (TPSA) is 129 Å². The van der Waals surface area contributed by atoms with Crippen LogP contribution >= 0.6 is 7.82 Å². The molecule has 2 N–H and O–H groups in total. The largest absolute Gasteiger partial charge is 0.472 e. The molecule has 0 saturated heterocycles. The van der Waals surface area contributed by atoms with Crippen LogP contribution in [0, 0.1) is 0 Å². The first-order valence-electron chi connectivity index (χ1n) is 21.1. The summed E-state index contributed by atoms with van der Waals surface area (Å²) in [6, 6.07) is 0. The third-order valence-corrected chi connectivity index (χ3v) is 9.17. The van der Waals surface area contributed by atoms with E-state index in [1.54, 1.807) is 6.08 Å². The molecule has 0 aliphatic heterocycles. The predicted octanol–water partition coefficient (Wildman–Crippen LogP) is 10.8. The van der Waals surface area contributed by atoms with E-state index >= 15 is 0 Å².